The van der Waals surface area contributed by atoms with Crippen molar-refractivity contribution in [3.05, 3.63) is 0 Å². The molecule has 0 heterocycles. The van der Waals surface area contributed by atoms with Crippen molar-refractivity contribution in [3.8, 4) is 0 Å². The van der Waals surface area contributed by atoms with Gasteiger partial charge in [0.1, 0.15) is 0 Å². The van der Waals surface area contributed by atoms with E-state index in [1.807, 2.05) is 0 Å². The number of carbonyl (C=O) groups excluding carboxylic acids is 1. The second kappa shape index (κ2) is 9.67. The van der Waals surface area contributed by atoms with E-state index in [-0.39, 0.29) is 31.2 Å². The maximum Gasteiger partial charge on any atom is 0.303 e. The fourth-order valence-electron chi connectivity index (χ4n) is 1.36. The first-order chi connectivity index (χ1) is 9.26. The van der Waals surface area contributed by atoms with Crippen molar-refractivity contribution in [1.29, 1.82) is 0 Å². The molecule has 0 fully saturated rings. The predicted molar refractivity (Wildman–Crippen MR) is 72.7 cm³/mol. The predicted octanol–water partition coefficient (Wildman–Crippen LogP) is -0.831. The summed E-state index contributed by atoms with van der Waals surface area (Å²) in [4.78, 5) is 21.8. The molecule has 9 heteroatoms. The summed E-state index contributed by atoms with van der Waals surface area (Å²) in [5, 5.41) is 11.0. The number of ether oxygens (including phenoxy) is 1. The van der Waals surface area contributed by atoms with E-state index in [4.69, 9.17) is 9.84 Å². The van der Waals surface area contributed by atoms with Gasteiger partial charge in [-0.25, -0.2) is 13.1 Å². The van der Waals surface area contributed by atoms with Crippen LogP contribution in [0.5, 0.6) is 0 Å². The third-order valence-electron chi connectivity index (χ3n) is 2.38. The van der Waals surface area contributed by atoms with Crippen LogP contribution in [-0.4, -0.2) is 58.0 Å². The molecule has 0 aromatic rings. The SMILES string of the molecule is COCCCS(=O)(=O)NCC(=O)NCC(C)CC(=O)O. The van der Waals surface area contributed by atoms with Crippen LogP contribution in [0, 0.1) is 5.92 Å². The number of nitrogens with one attached hydrogen (secondary N) is 2. The summed E-state index contributed by atoms with van der Waals surface area (Å²) in [5.41, 5.74) is 0. The monoisotopic (exact) mass is 310 g/mol. The fraction of sp³-hybridized carbons (Fsp3) is 0.818. The summed E-state index contributed by atoms with van der Waals surface area (Å²) in [5.74, 6) is -1.75. The zero-order valence-electron chi connectivity index (χ0n) is 11.7. The van der Waals surface area contributed by atoms with Gasteiger partial charge in [0, 0.05) is 26.7 Å². The van der Waals surface area contributed by atoms with Crippen LogP contribution in [-0.2, 0) is 24.3 Å². The minimum Gasteiger partial charge on any atom is -0.481 e. The van der Waals surface area contributed by atoms with Crippen LogP contribution in [0.3, 0.4) is 0 Å². The van der Waals surface area contributed by atoms with E-state index >= 15 is 0 Å². The molecule has 0 radical (unpaired) electrons. The summed E-state index contributed by atoms with van der Waals surface area (Å²) in [7, 11) is -2.01. The summed E-state index contributed by atoms with van der Waals surface area (Å²) in [6, 6.07) is 0. The number of carboxylic acid groups (broad SMARTS) is 1. The van der Waals surface area contributed by atoms with E-state index in [1.54, 1.807) is 6.92 Å². The Hall–Kier alpha value is -1.19. The minimum atomic E-state index is -3.49. The third-order valence-corrected chi connectivity index (χ3v) is 3.80. The van der Waals surface area contributed by atoms with Crippen LogP contribution in [0.25, 0.3) is 0 Å². The number of carboxylic acids is 1. The lowest BCUT2D eigenvalue weighted by Crippen LogP contribution is -2.39. The molecule has 0 saturated carbocycles. The summed E-state index contributed by atoms with van der Waals surface area (Å²) in [6.07, 6.45) is 0.298. The Morgan fingerprint density at radius 2 is 2.00 bits per heavy atom. The van der Waals surface area contributed by atoms with Gasteiger partial charge in [-0.3, -0.25) is 9.59 Å². The second-order valence-corrected chi connectivity index (χ2v) is 6.42. The zero-order valence-corrected chi connectivity index (χ0v) is 12.5. The third kappa shape index (κ3) is 10.7. The lowest BCUT2D eigenvalue weighted by atomic mass is 10.1. The normalized spacial score (nSPS) is 12.9. The van der Waals surface area contributed by atoms with Gasteiger partial charge in [-0.15, -0.1) is 0 Å². The van der Waals surface area contributed by atoms with Crippen LogP contribution in [0.4, 0.5) is 0 Å². The van der Waals surface area contributed by atoms with Gasteiger partial charge in [-0.2, -0.15) is 0 Å². The average Bonchev–Trinajstić information content (AvgIpc) is 2.33. The molecule has 8 nitrogen and oxygen atoms in total. The Morgan fingerprint density at radius 1 is 1.35 bits per heavy atom. The molecule has 3 N–H and O–H groups in total. The lowest BCUT2D eigenvalue weighted by molar-refractivity contribution is -0.138. The highest BCUT2D eigenvalue weighted by Crippen LogP contribution is 1.98. The van der Waals surface area contributed by atoms with E-state index < -0.39 is 21.9 Å². The van der Waals surface area contributed by atoms with E-state index in [1.165, 1.54) is 7.11 Å². The quantitative estimate of drug-likeness (QED) is 0.428. The lowest BCUT2D eigenvalue weighted by Gasteiger charge is -2.11. The second-order valence-electron chi connectivity index (χ2n) is 4.49. The van der Waals surface area contributed by atoms with Crippen molar-refractivity contribution < 1.29 is 27.9 Å². The number of sulfonamides is 1. The van der Waals surface area contributed by atoms with Crippen molar-refractivity contribution in [2.75, 3.05) is 32.6 Å². The molecule has 0 aliphatic carbocycles. The Balaban J connectivity index is 3.89. The van der Waals surface area contributed by atoms with Gasteiger partial charge in [0.15, 0.2) is 0 Å². The molecular weight excluding hydrogens is 288 g/mol. The highest BCUT2D eigenvalue weighted by Gasteiger charge is 2.13. The molecule has 1 atom stereocenters. The first kappa shape index (κ1) is 18.8. The number of carbonyl (C=O) groups is 2. The molecule has 0 spiro atoms. The van der Waals surface area contributed by atoms with Crippen LogP contribution < -0.4 is 10.0 Å². The van der Waals surface area contributed by atoms with Crippen molar-refractivity contribution in [2.45, 2.75) is 19.8 Å². The topological polar surface area (TPSA) is 122 Å². The van der Waals surface area contributed by atoms with Crippen molar-refractivity contribution in [1.82, 2.24) is 10.0 Å². The Labute approximate surface area is 118 Å². The van der Waals surface area contributed by atoms with Crippen LogP contribution in [0.2, 0.25) is 0 Å². The Kier molecular flexibility index (Phi) is 9.10. The number of methoxy groups -OCH3 is 1. The molecule has 0 bridgehead atoms. The molecule has 1 amide bonds. The van der Waals surface area contributed by atoms with Gasteiger partial charge >= 0.3 is 5.97 Å². The standard InChI is InChI=1S/C11H22N2O6S/c1-9(6-11(15)16)7-12-10(14)8-13-20(17,18)5-3-4-19-2/h9,13H,3-8H2,1-2H3,(H,12,14)(H,15,16). The fourth-order valence-corrected chi connectivity index (χ4v) is 2.36. The molecular formula is C11H22N2O6S. The van der Waals surface area contributed by atoms with E-state index in [0.29, 0.717) is 13.0 Å². The Bertz CT molecular complexity index is 409. The first-order valence-corrected chi connectivity index (χ1v) is 7.87. The Morgan fingerprint density at radius 3 is 2.55 bits per heavy atom. The molecule has 0 aliphatic heterocycles. The van der Waals surface area contributed by atoms with Gasteiger partial charge in [0.05, 0.1) is 12.3 Å². The van der Waals surface area contributed by atoms with Gasteiger partial charge in [-0.05, 0) is 12.3 Å². The molecule has 118 valence electrons. The molecule has 0 aromatic heterocycles. The summed E-state index contributed by atoms with van der Waals surface area (Å²) in [6.45, 7) is 1.86. The van der Waals surface area contributed by atoms with Gasteiger partial charge in [-0.1, -0.05) is 6.92 Å². The molecule has 0 rings (SSSR count). The van der Waals surface area contributed by atoms with Crippen LogP contribution >= 0.6 is 0 Å². The minimum absolute atomic E-state index is 0.0526. The van der Waals surface area contributed by atoms with Crippen LogP contribution in [0.15, 0.2) is 0 Å². The van der Waals surface area contributed by atoms with Crippen molar-refractivity contribution >= 4 is 21.9 Å². The summed E-state index contributed by atoms with van der Waals surface area (Å²) >= 11 is 0. The van der Waals surface area contributed by atoms with Gasteiger partial charge < -0.3 is 15.2 Å². The molecule has 0 aromatic carbocycles. The van der Waals surface area contributed by atoms with Gasteiger partial charge in [0.25, 0.3) is 0 Å². The molecule has 0 aliphatic rings. The highest BCUT2D eigenvalue weighted by molar-refractivity contribution is 7.89. The van der Waals surface area contributed by atoms with Gasteiger partial charge in [0.2, 0.25) is 15.9 Å². The van der Waals surface area contributed by atoms with Crippen LogP contribution in [0.1, 0.15) is 19.8 Å². The number of aliphatic carboxylic acids is 1. The molecule has 1 unspecified atom stereocenters. The number of hydrogen-bond acceptors (Lipinski definition) is 5. The summed E-state index contributed by atoms with van der Waals surface area (Å²) < 4.78 is 29.8. The number of amides is 1. The van der Waals surface area contributed by atoms with E-state index in [2.05, 4.69) is 10.0 Å². The van der Waals surface area contributed by atoms with E-state index in [9.17, 15) is 18.0 Å². The maximum atomic E-state index is 11.5. The van der Waals surface area contributed by atoms with Crippen molar-refractivity contribution in [3.63, 3.8) is 0 Å². The smallest absolute Gasteiger partial charge is 0.303 e. The number of hydrogen-bond donors (Lipinski definition) is 3. The average molecular weight is 310 g/mol. The van der Waals surface area contributed by atoms with E-state index in [0.717, 1.165) is 0 Å². The zero-order chi connectivity index (χ0) is 15.6. The molecule has 0 saturated heterocycles. The highest BCUT2D eigenvalue weighted by atomic mass is 32.2. The molecule has 20 heavy (non-hydrogen) atoms. The maximum absolute atomic E-state index is 11.5. The number of rotatable bonds is 11. The largest absolute Gasteiger partial charge is 0.481 e. The first-order valence-electron chi connectivity index (χ1n) is 6.21. The van der Waals surface area contributed by atoms with Crippen molar-refractivity contribution in [2.24, 2.45) is 5.92 Å².